The van der Waals surface area contributed by atoms with E-state index >= 15 is 0 Å². The molecule has 0 radical (unpaired) electrons. The summed E-state index contributed by atoms with van der Waals surface area (Å²) >= 11 is 0. The highest BCUT2D eigenvalue weighted by Gasteiger charge is 2.29. The molecule has 1 unspecified atom stereocenters. The number of benzene rings is 1. The van der Waals surface area contributed by atoms with Crippen molar-refractivity contribution in [3.05, 3.63) is 83.1 Å². The molecule has 4 heteroatoms. The van der Waals surface area contributed by atoms with E-state index in [0.29, 0.717) is 0 Å². The average Bonchev–Trinajstić information content (AvgIpc) is 2.95. The van der Waals surface area contributed by atoms with Crippen molar-refractivity contribution < 1.29 is 4.52 Å². The third-order valence-electron chi connectivity index (χ3n) is 4.99. The average molecular weight is 331 g/mol. The number of fused-ring (bicyclic) bond motifs is 1. The predicted octanol–water partition coefficient (Wildman–Crippen LogP) is 4.44. The predicted molar refractivity (Wildman–Crippen MR) is 98.1 cm³/mol. The molecule has 1 aliphatic rings. The molecule has 0 bridgehead atoms. The van der Waals surface area contributed by atoms with Crippen LogP contribution in [0.2, 0.25) is 0 Å². The monoisotopic (exact) mass is 331 g/mol. The van der Waals surface area contributed by atoms with Gasteiger partial charge in [-0.3, -0.25) is 4.98 Å². The first-order valence-corrected chi connectivity index (χ1v) is 8.44. The fourth-order valence-corrected chi connectivity index (χ4v) is 3.67. The van der Waals surface area contributed by atoms with Crippen molar-refractivity contribution in [1.82, 2.24) is 15.0 Å². The van der Waals surface area contributed by atoms with Crippen molar-refractivity contribution in [3.8, 4) is 11.1 Å². The molecule has 1 aliphatic heterocycles. The smallest absolute Gasteiger partial charge is 0.141 e. The summed E-state index contributed by atoms with van der Waals surface area (Å²) in [5, 5.41) is 4.08. The summed E-state index contributed by atoms with van der Waals surface area (Å²) in [6, 6.07) is 12.9. The maximum Gasteiger partial charge on any atom is 0.141 e. The highest BCUT2D eigenvalue weighted by molar-refractivity contribution is 5.68. The normalized spacial score (nSPS) is 16.8. The van der Waals surface area contributed by atoms with E-state index in [0.717, 1.165) is 40.4 Å². The number of aromatic nitrogens is 2. The summed E-state index contributed by atoms with van der Waals surface area (Å²) in [6.45, 7) is 8.14. The van der Waals surface area contributed by atoms with Crippen LogP contribution < -0.4 is 0 Å². The SMILES string of the molecule is C=C1Cc2ncc(-c3c(C)noc3C)cc2C(c2ccccc2)N1C. The first-order chi connectivity index (χ1) is 12.1. The molecule has 2 aromatic heterocycles. The summed E-state index contributed by atoms with van der Waals surface area (Å²) in [5.74, 6) is 0.823. The molecule has 3 aromatic rings. The van der Waals surface area contributed by atoms with Crippen molar-refractivity contribution in [3.63, 3.8) is 0 Å². The van der Waals surface area contributed by atoms with Crippen LogP contribution >= 0.6 is 0 Å². The van der Waals surface area contributed by atoms with Crippen LogP contribution in [-0.4, -0.2) is 22.1 Å². The lowest BCUT2D eigenvalue weighted by atomic mass is 9.88. The third-order valence-corrected chi connectivity index (χ3v) is 4.99. The first kappa shape index (κ1) is 15.6. The second-order valence-corrected chi connectivity index (χ2v) is 6.63. The molecule has 0 fully saturated rings. The summed E-state index contributed by atoms with van der Waals surface area (Å²) < 4.78 is 5.34. The molecule has 0 spiro atoms. The second-order valence-electron chi connectivity index (χ2n) is 6.63. The van der Waals surface area contributed by atoms with Crippen molar-refractivity contribution in [2.75, 3.05) is 7.05 Å². The first-order valence-electron chi connectivity index (χ1n) is 8.44. The zero-order chi connectivity index (χ0) is 17.6. The quantitative estimate of drug-likeness (QED) is 0.696. The van der Waals surface area contributed by atoms with Crippen molar-refractivity contribution in [1.29, 1.82) is 0 Å². The van der Waals surface area contributed by atoms with Gasteiger partial charge in [0.25, 0.3) is 0 Å². The number of nitrogens with zero attached hydrogens (tertiary/aromatic N) is 3. The highest BCUT2D eigenvalue weighted by atomic mass is 16.5. The fourth-order valence-electron chi connectivity index (χ4n) is 3.67. The molecular weight excluding hydrogens is 310 g/mol. The Balaban J connectivity index is 1.90. The molecule has 4 nitrogen and oxygen atoms in total. The van der Waals surface area contributed by atoms with Gasteiger partial charge in [-0.15, -0.1) is 0 Å². The number of rotatable bonds is 2. The minimum atomic E-state index is 0.116. The third kappa shape index (κ3) is 2.54. The van der Waals surface area contributed by atoms with Crippen LogP contribution in [0.15, 0.2) is 59.4 Å². The van der Waals surface area contributed by atoms with Crippen molar-refractivity contribution in [2.45, 2.75) is 26.3 Å². The van der Waals surface area contributed by atoms with Crippen LogP contribution in [0.25, 0.3) is 11.1 Å². The lowest BCUT2D eigenvalue weighted by Crippen LogP contribution is -2.31. The van der Waals surface area contributed by atoms with Gasteiger partial charge in [-0.25, -0.2) is 0 Å². The van der Waals surface area contributed by atoms with Gasteiger partial charge < -0.3 is 9.42 Å². The summed E-state index contributed by atoms with van der Waals surface area (Å²) in [5.41, 5.74) is 7.62. The lowest BCUT2D eigenvalue weighted by Gasteiger charge is -2.37. The van der Waals surface area contributed by atoms with Crippen LogP contribution in [0, 0.1) is 13.8 Å². The van der Waals surface area contributed by atoms with E-state index in [1.807, 2.05) is 26.1 Å². The zero-order valence-corrected chi connectivity index (χ0v) is 14.8. The Morgan fingerprint density at radius 2 is 1.96 bits per heavy atom. The highest BCUT2D eigenvalue weighted by Crippen LogP contribution is 2.39. The molecular formula is C21H21N3O. The zero-order valence-electron chi connectivity index (χ0n) is 14.8. The van der Waals surface area contributed by atoms with E-state index in [9.17, 15) is 0 Å². The molecule has 0 aliphatic carbocycles. The van der Waals surface area contributed by atoms with Gasteiger partial charge in [0.2, 0.25) is 0 Å². The van der Waals surface area contributed by atoms with Crippen molar-refractivity contribution in [2.24, 2.45) is 0 Å². The van der Waals surface area contributed by atoms with E-state index in [1.54, 1.807) is 0 Å². The largest absolute Gasteiger partial charge is 0.367 e. The number of hydrogen-bond acceptors (Lipinski definition) is 4. The Morgan fingerprint density at radius 1 is 1.20 bits per heavy atom. The van der Waals surface area contributed by atoms with Crippen LogP contribution in [-0.2, 0) is 6.42 Å². The molecule has 126 valence electrons. The van der Waals surface area contributed by atoms with Gasteiger partial charge in [-0.1, -0.05) is 42.1 Å². The minimum absolute atomic E-state index is 0.116. The van der Waals surface area contributed by atoms with Gasteiger partial charge in [0.15, 0.2) is 0 Å². The standard InChI is InChI=1S/C21H21N3O/c1-13-10-19-18(21(24(13)4)16-8-6-5-7-9-16)11-17(12-22-19)20-14(2)23-25-15(20)3/h5-9,11-12,21H,1,10H2,2-4H3. The van der Waals surface area contributed by atoms with E-state index in [2.05, 4.69) is 54.0 Å². The number of allylic oxidation sites excluding steroid dienone is 1. The molecule has 0 N–H and O–H groups in total. The summed E-state index contributed by atoms with van der Waals surface area (Å²) in [4.78, 5) is 7.01. The Hall–Kier alpha value is -2.88. The van der Waals surface area contributed by atoms with Crippen LogP contribution in [0.4, 0.5) is 0 Å². The number of likely N-dealkylation sites (N-methyl/N-ethyl adjacent to an activating group) is 1. The van der Waals surface area contributed by atoms with Crippen LogP contribution in [0.5, 0.6) is 0 Å². The summed E-state index contributed by atoms with van der Waals surface area (Å²) in [7, 11) is 2.10. The molecule has 1 aromatic carbocycles. The van der Waals surface area contributed by atoms with Crippen molar-refractivity contribution >= 4 is 0 Å². The molecule has 4 rings (SSSR count). The number of pyridine rings is 1. The topological polar surface area (TPSA) is 42.2 Å². The minimum Gasteiger partial charge on any atom is -0.367 e. The molecule has 25 heavy (non-hydrogen) atoms. The number of aryl methyl sites for hydroxylation is 2. The Bertz CT molecular complexity index is 924. The molecule has 1 atom stereocenters. The Labute approximate surface area is 147 Å². The van der Waals surface area contributed by atoms with E-state index in [4.69, 9.17) is 9.51 Å². The maximum absolute atomic E-state index is 5.34. The van der Waals surface area contributed by atoms with Crippen LogP contribution in [0.3, 0.4) is 0 Å². The van der Waals surface area contributed by atoms with Gasteiger partial charge in [-0.05, 0) is 25.5 Å². The van der Waals surface area contributed by atoms with Gasteiger partial charge in [0.05, 0.1) is 17.4 Å². The van der Waals surface area contributed by atoms with E-state index < -0.39 is 0 Å². The number of hydrogen-bond donors (Lipinski definition) is 0. The van der Waals surface area contributed by atoms with Crippen LogP contribution in [0.1, 0.15) is 34.3 Å². The Morgan fingerprint density at radius 3 is 2.64 bits per heavy atom. The van der Waals surface area contributed by atoms with E-state index in [-0.39, 0.29) is 6.04 Å². The van der Waals surface area contributed by atoms with E-state index in [1.165, 1.54) is 11.1 Å². The Kier molecular flexibility index (Phi) is 3.68. The molecule has 0 saturated carbocycles. The molecule has 0 amide bonds. The second kappa shape index (κ2) is 5.88. The molecule has 0 saturated heterocycles. The maximum atomic E-state index is 5.34. The lowest BCUT2D eigenvalue weighted by molar-refractivity contribution is 0.326. The fraction of sp³-hybridized carbons (Fsp3) is 0.238. The molecule has 3 heterocycles. The van der Waals surface area contributed by atoms with Gasteiger partial charge in [0.1, 0.15) is 5.76 Å². The van der Waals surface area contributed by atoms with Gasteiger partial charge >= 0.3 is 0 Å². The summed E-state index contributed by atoms with van der Waals surface area (Å²) in [6.07, 6.45) is 2.70. The van der Waals surface area contributed by atoms with Gasteiger partial charge in [-0.2, -0.15) is 0 Å². The van der Waals surface area contributed by atoms with Gasteiger partial charge in [0, 0.05) is 42.1 Å².